The number of amides is 2. The van der Waals surface area contributed by atoms with Crippen molar-refractivity contribution in [1.29, 1.82) is 0 Å². The lowest BCUT2D eigenvalue weighted by Crippen LogP contribution is -2.42. The molecule has 0 radical (unpaired) electrons. The molecule has 0 saturated carbocycles. The number of hydrogen-bond donors (Lipinski definition) is 2. The molecule has 8 heteroatoms. The van der Waals surface area contributed by atoms with Crippen LogP contribution in [-0.2, 0) is 4.79 Å². The summed E-state index contributed by atoms with van der Waals surface area (Å²) in [5, 5.41) is 11.5. The number of benzene rings is 1. The summed E-state index contributed by atoms with van der Waals surface area (Å²) in [7, 11) is 0. The highest BCUT2D eigenvalue weighted by molar-refractivity contribution is 5.96. The third kappa shape index (κ3) is 5.18. The molecule has 26 heavy (non-hydrogen) atoms. The van der Waals surface area contributed by atoms with Crippen LogP contribution in [0.3, 0.4) is 0 Å². The van der Waals surface area contributed by atoms with Crippen LogP contribution in [0.4, 0.5) is 11.4 Å². The van der Waals surface area contributed by atoms with Gasteiger partial charge in [-0.15, -0.1) is 0 Å². The molecule has 2 rings (SSSR count). The molecule has 0 unspecified atom stereocenters. The van der Waals surface area contributed by atoms with Crippen LogP contribution in [0.25, 0.3) is 0 Å². The van der Waals surface area contributed by atoms with Crippen LogP contribution in [0.1, 0.15) is 50.4 Å². The second-order valence-corrected chi connectivity index (χ2v) is 7.23. The van der Waals surface area contributed by atoms with Gasteiger partial charge in [-0.3, -0.25) is 30.6 Å². The van der Waals surface area contributed by atoms with Crippen molar-refractivity contribution < 1.29 is 14.5 Å². The molecular weight excluding hydrogens is 336 g/mol. The molecule has 1 aromatic rings. The smallest absolute Gasteiger partial charge is 0.293 e. The molecule has 0 aliphatic carbocycles. The molecule has 8 nitrogen and oxygen atoms in total. The maximum atomic E-state index is 12.2. The summed E-state index contributed by atoms with van der Waals surface area (Å²) in [6.45, 7) is 7.49. The van der Waals surface area contributed by atoms with Gasteiger partial charge in [0, 0.05) is 31.1 Å². The molecule has 2 N–H and O–H groups in total. The third-order valence-electron chi connectivity index (χ3n) is 4.47. The van der Waals surface area contributed by atoms with Crippen LogP contribution < -0.4 is 15.8 Å². The average molecular weight is 362 g/mol. The molecule has 0 aromatic heterocycles. The summed E-state index contributed by atoms with van der Waals surface area (Å²) in [6.07, 6.45) is 2.26. The fraction of sp³-hybridized carbons (Fsp3) is 0.556. The predicted molar refractivity (Wildman–Crippen MR) is 98.8 cm³/mol. The summed E-state index contributed by atoms with van der Waals surface area (Å²) >= 11 is 0. The lowest BCUT2D eigenvalue weighted by molar-refractivity contribution is -0.384. The van der Waals surface area contributed by atoms with Crippen LogP contribution in [0.5, 0.6) is 0 Å². The summed E-state index contributed by atoms with van der Waals surface area (Å²) in [6, 6.07) is 4.42. The van der Waals surface area contributed by atoms with Gasteiger partial charge in [0.1, 0.15) is 5.69 Å². The minimum absolute atomic E-state index is 0.0966. The monoisotopic (exact) mass is 362 g/mol. The molecule has 2 amide bonds. The molecule has 0 spiro atoms. The van der Waals surface area contributed by atoms with Crippen molar-refractivity contribution in [2.75, 3.05) is 18.0 Å². The van der Waals surface area contributed by atoms with E-state index in [4.69, 9.17) is 0 Å². The first-order chi connectivity index (χ1) is 12.3. The van der Waals surface area contributed by atoms with Crippen LogP contribution >= 0.6 is 0 Å². The summed E-state index contributed by atoms with van der Waals surface area (Å²) < 4.78 is 0. The second-order valence-electron chi connectivity index (χ2n) is 7.23. The lowest BCUT2D eigenvalue weighted by atomic mass is 9.98. The van der Waals surface area contributed by atoms with Crippen molar-refractivity contribution in [3.05, 3.63) is 33.9 Å². The zero-order valence-electron chi connectivity index (χ0n) is 15.4. The van der Waals surface area contributed by atoms with E-state index in [1.54, 1.807) is 12.1 Å². The lowest BCUT2D eigenvalue weighted by Gasteiger charge is -2.31. The normalized spacial score (nSPS) is 15.0. The number of nitro groups is 1. The zero-order chi connectivity index (χ0) is 19.3. The fourth-order valence-electron chi connectivity index (χ4n) is 2.95. The topological polar surface area (TPSA) is 105 Å². The van der Waals surface area contributed by atoms with E-state index in [9.17, 15) is 19.7 Å². The molecule has 0 bridgehead atoms. The SMILES string of the molecule is CC(C)CC(=O)NNC(=O)c1ccc(N2CCC(C)CC2)c([N+](=O)[O-])c1. The van der Waals surface area contributed by atoms with Gasteiger partial charge in [-0.1, -0.05) is 20.8 Å². The standard InChI is InChI=1S/C18H26N4O4/c1-12(2)10-17(23)19-20-18(24)14-4-5-15(16(11-14)22(25)26)21-8-6-13(3)7-9-21/h4-5,11-13H,6-10H2,1-3H3,(H,19,23)(H,20,24). The number of carbonyl (C=O) groups is 2. The first kappa shape index (κ1) is 19.7. The van der Waals surface area contributed by atoms with Gasteiger partial charge in [0.15, 0.2) is 0 Å². The van der Waals surface area contributed by atoms with E-state index in [-0.39, 0.29) is 29.5 Å². The van der Waals surface area contributed by atoms with Crippen molar-refractivity contribution >= 4 is 23.2 Å². The quantitative estimate of drug-likeness (QED) is 0.619. The summed E-state index contributed by atoms with van der Waals surface area (Å²) in [4.78, 5) is 36.8. The Morgan fingerprint density at radius 3 is 2.50 bits per heavy atom. The van der Waals surface area contributed by atoms with E-state index in [1.165, 1.54) is 6.07 Å². The molecule has 1 aliphatic heterocycles. The minimum Gasteiger partial charge on any atom is -0.366 e. The summed E-state index contributed by atoms with van der Waals surface area (Å²) in [5.41, 5.74) is 5.19. The highest BCUT2D eigenvalue weighted by atomic mass is 16.6. The van der Waals surface area contributed by atoms with Crippen molar-refractivity contribution in [1.82, 2.24) is 10.9 Å². The first-order valence-electron chi connectivity index (χ1n) is 8.90. The van der Waals surface area contributed by atoms with Gasteiger partial charge in [0.05, 0.1) is 4.92 Å². The fourth-order valence-corrected chi connectivity index (χ4v) is 2.95. The molecule has 142 valence electrons. The van der Waals surface area contributed by atoms with E-state index in [0.29, 0.717) is 11.6 Å². The van der Waals surface area contributed by atoms with Gasteiger partial charge < -0.3 is 4.90 Å². The van der Waals surface area contributed by atoms with Gasteiger partial charge in [-0.2, -0.15) is 0 Å². The highest BCUT2D eigenvalue weighted by Crippen LogP contribution is 2.32. The largest absolute Gasteiger partial charge is 0.366 e. The number of hydrazine groups is 1. The maximum Gasteiger partial charge on any atom is 0.293 e. The van der Waals surface area contributed by atoms with E-state index in [2.05, 4.69) is 17.8 Å². The Labute approximate surface area is 153 Å². The molecule has 0 atom stereocenters. The Morgan fingerprint density at radius 2 is 1.92 bits per heavy atom. The Kier molecular flexibility index (Phi) is 6.54. The van der Waals surface area contributed by atoms with Gasteiger partial charge in [-0.05, 0) is 36.8 Å². The molecular formula is C18H26N4O4. The Bertz CT molecular complexity index is 682. The van der Waals surface area contributed by atoms with Gasteiger partial charge in [0.25, 0.3) is 11.6 Å². The molecule has 1 aromatic carbocycles. The van der Waals surface area contributed by atoms with Crippen molar-refractivity contribution in [2.24, 2.45) is 11.8 Å². The van der Waals surface area contributed by atoms with E-state index in [1.807, 2.05) is 18.7 Å². The van der Waals surface area contributed by atoms with Crippen LogP contribution in [0, 0.1) is 22.0 Å². The van der Waals surface area contributed by atoms with E-state index >= 15 is 0 Å². The zero-order valence-corrected chi connectivity index (χ0v) is 15.4. The number of anilines is 1. The average Bonchev–Trinajstić information content (AvgIpc) is 2.59. The van der Waals surface area contributed by atoms with Crippen molar-refractivity contribution in [3.8, 4) is 0 Å². The molecule has 1 fully saturated rings. The number of nitro benzene ring substituents is 1. The van der Waals surface area contributed by atoms with Crippen LogP contribution in [0.2, 0.25) is 0 Å². The van der Waals surface area contributed by atoms with Crippen molar-refractivity contribution in [3.63, 3.8) is 0 Å². The highest BCUT2D eigenvalue weighted by Gasteiger charge is 2.24. The Hall–Kier alpha value is -2.64. The van der Waals surface area contributed by atoms with E-state index < -0.39 is 10.8 Å². The number of hydrogen-bond acceptors (Lipinski definition) is 5. The van der Waals surface area contributed by atoms with Crippen LogP contribution in [0.15, 0.2) is 18.2 Å². The van der Waals surface area contributed by atoms with Crippen LogP contribution in [-0.4, -0.2) is 29.8 Å². The van der Waals surface area contributed by atoms with Gasteiger partial charge in [0.2, 0.25) is 5.91 Å². The van der Waals surface area contributed by atoms with E-state index in [0.717, 1.165) is 25.9 Å². The number of carbonyl (C=O) groups excluding carboxylic acids is 2. The second kappa shape index (κ2) is 8.64. The third-order valence-corrected chi connectivity index (χ3v) is 4.47. The number of nitrogens with one attached hydrogen (secondary N) is 2. The first-order valence-corrected chi connectivity index (χ1v) is 8.90. The van der Waals surface area contributed by atoms with Crippen molar-refractivity contribution in [2.45, 2.75) is 40.0 Å². The Balaban J connectivity index is 2.11. The molecule has 1 heterocycles. The maximum absolute atomic E-state index is 12.2. The number of piperidine rings is 1. The van der Waals surface area contributed by atoms with Gasteiger partial charge in [-0.25, -0.2) is 0 Å². The number of nitrogens with zero attached hydrogens (tertiary/aromatic N) is 2. The molecule has 1 saturated heterocycles. The molecule has 1 aliphatic rings. The summed E-state index contributed by atoms with van der Waals surface area (Å²) in [5.74, 6) is -0.102. The minimum atomic E-state index is -0.580. The number of rotatable bonds is 5. The van der Waals surface area contributed by atoms with Gasteiger partial charge >= 0.3 is 0 Å². The predicted octanol–water partition coefficient (Wildman–Crippen LogP) is 2.64. The Morgan fingerprint density at radius 1 is 1.27 bits per heavy atom.